The van der Waals surface area contributed by atoms with Crippen LogP contribution in [0, 0.1) is 25.2 Å². The van der Waals surface area contributed by atoms with Crippen LogP contribution in [0.5, 0.6) is 0 Å². The highest BCUT2D eigenvalue weighted by Gasteiger charge is 2.08. The summed E-state index contributed by atoms with van der Waals surface area (Å²) >= 11 is 5.88. The van der Waals surface area contributed by atoms with Crippen LogP contribution >= 0.6 is 11.6 Å². The molecule has 1 heterocycles. The highest BCUT2D eigenvalue weighted by atomic mass is 35.5. The maximum atomic E-state index is 9.38. The van der Waals surface area contributed by atoms with Crippen LogP contribution < -0.4 is 0 Å². The van der Waals surface area contributed by atoms with E-state index in [2.05, 4.69) is 37.5 Å². The first-order valence-electron chi connectivity index (χ1n) is 6.61. The van der Waals surface area contributed by atoms with E-state index in [9.17, 15) is 5.26 Å². The van der Waals surface area contributed by atoms with E-state index in [1.807, 2.05) is 18.2 Å². The molecule has 3 heteroatoms. The predicted octanol–water partition coefficient (Wildman–Crippen LogP) is 4.84. The number of aromatic nitrogens is 1. The van der Waals surface area contributed by atoms with Gasteiger partial charge in [0.25, 0.3) is 0 Å². The van der Waals surface area contributed by atoms with Gasteiger partial charge in [0.2, 0.25) is 0 Å². The third kappa shape index (κ3) is 2.79. The van der Waals surface area contributed by atoms with E-state index >= 15 is 0 Å². The Morgan fingerprint density at radius 1 is 1.30 bits per heavy atom. The molecule has 0 spiro atoms. The molecule has 2 rings (SSSR count). The number of rotatable bonds is 3. The summed E-state index contributed by atoms with van der Waals surface area (Å²) in [6, 6.07) is 11.7. The van der Waals surface area contributed by atoms with Crippen LogP contribution in [0.25, 0.3) is 11.6 Å². The summed E-state index contributed by atoms with van der Waals surface area (Å²) in [4.78, 5) is 0. The Bertz CT molecular complexity index is 685. The lowest BCUT2D eigenvalue weighted by Crippen LogP contribution is -1.98. The quantitative estimate of drug-likeness (QED) is 0.741. The number of nitrogens with zero attached hydrogens (tertiary/aromatic N) is 2. The van der Waals surface area contributed by atoms with Gasteiger partial charge in [-0.15, -0.1) is 0 Å². The average Bonchev–Trinajstić information content (AvgIpc) is 2.71. The molecule has 102 valence electrons. The molecule has 2 nitrogen and oxygen atoms in total. The molecule has 2 aromatic rings. The Balaban J connectivity index is 2.47. The monoisotopic (exact) mass is 284 g/mol. The molecule has 0 aliphatic rings. The number of hydrogen-bond donors (Lipinski definition) is 0. The Kier molecular flexibility index (Phi) is 4.32. The van der Waals surface area contributed by atoms with Crippen LogP contribution in [0.4, 0.5) is 0 Å². The minimum Gasteiger partial charge on any atom is -0.349 e. The maximum absolute atomic E-state index is 9.38. The molecule has 0 radical (unpaired) electrons. The zero-order valence-electron chi connectivity index (χ0n) is 11.9. The van der Waals surface area contributed by atoms with Gasteiger partial charge in [-0.25, -0.2) is 0 Å². The first-order valence-corrected chi connectivity index (χ1v) is 6.99. The van der Waals surface area contributed by atoms with Crippen molar-refractivity contribution < 1.29 is 0 Å². The van der Waals surface area contributed by atoms with E-state index in [1.165, 1.54) is 11.4 Å². The number of halogens is 1. The van der Waals surface area contributed by atoms with E-state index in [-0.39, 0.29) is 0 Å². The summed E-state index contributed by atoms with van der Waals surface area (Å²) in [6.45, 7) is 7.23. The fourth-order valence-corrected chi connectivity index (χ4v) is 2.55. The lowest BCUT2D eigenvalue weighted by molar-refractivity contribution is 0.718. The summed E-state index contributed by atoms with van der Waals surface area (Å²) in [5, 5.41) is 10.1. The molecule has 0 aliphatic heterocycles. The number of aryl methyl sites for hydroxylation is 1. The van der Waals surface area contributed by atoms with Crippen LogP contribution in [0.2, 0.25) is 5.02 Å². The van der Waals surface area contributed by atoms with E-state index < -0.39 is 0 Å². The van der Waals surface area contributed by atoms with Crippen molar-refractivity contribution in [3.8, 4) is 6.07 Å². The van der Waals surface area contributed by atoms with Crippen molar-refractivity contribution in [1.82, 2.24) is 4.57 Å². The molecule has 0 bridgehead atoms. The Labute approximate surface area is 124 Å². The van der Waals surface area contributed by atoms with E-state index in [4.69, 9.17) is 11.6 Å². The van der Waals surface area contributed by atoms with Gasteiger partial charge in [-0.3, -0.25) is 0 Å². The maximum Gasteiger partial charge on any atom is 0.0998 e. The van der Waals surface area contributed by atoms with Crippen LogP contribution in [0.15, 0.2) is 30.3 Å². The number of hydrogen-bond acceptors (Lipinski definition) is 1. The Morgan fingerprint density at radius 3 is 2.45 bits per heavy atom. The number of benzene rings is 1. The molecule has 1 aromatic heterocycles. The summed E-state index contributed by atoms with van der Waals surface area (Å²) in [7, 11) is 0. The van der Waals surface area contributed by atoms with Gasteiger partial charge in [0, 0.05) is 23.0 Å². The van der Waals surface area contributed by atoms with Crippen molar-refractivity contribution in [2.24, 2.45) is 0 Å². The number of nitriles is 1. The smallest absolute Gasteiger partial charge is 0.0998 e. The molecular formula is C17H17ClN2. The fourth-order valence-electron chi connectivity index (χ4n) is 2.43. The van der Waals surface area contributed by atoms with Gasteiger partial charge in [0.05, 0.1) is 11.6 Å². The van der Waals surface area contributed by atoms with Crippen LogP contribution in [-0.2, 0) is 6.54 Å². The number of allylic oxidation sites excluding steroid dienone is 1. The van der Waals surface area contributed by atoms with Crippen molar-refractivity contribution in [1.29, 1.82) is 5.26 Å². The summed E-state index contributed by atoms with van der Waals surface area (Å²) in [6.07, 6.45) is 1.94. The van der Waals surface area contributed by atoms with Crippen molar-refractivity contribution in [3.63, 3.8) is 0 Å². The SMILES string of the molecule is CCn1c(C)cc(/C=C(/C#N)c2ccc(Cl)cc2)c1C. The second-order valence-corrected chi connectivity index (χ2v) is 5.18. The zero-order chi connectivity index (χ0) is 14.7. The van der Waals surface area contributed by atoms with E-state index in [0.29, 0.717) is 10.6 Å². The van der Waals surface area contributed by atoms with Crippen molar-refractivity contribution in [2.75, 3.05) is 0 Å². The van der Waals surface area contributed by atoms with Gasteiger partial charge in [-0.2, -0.15) is 5.26 Å². The standard InChI is InChI=1S/C17H17ClN2/c1-4-20-12(2)9-15(13(20)3)10-16(11-19)14-5-7-17(18)8-6-14/h5-10H,4H2,1-3H3/b16-10-. The molecule has 0 amide bonds. The molecule has 0 atom stereocenters. The van der Waals surface area contributed by atoms with Crippen LogP contribution in [-0.4, -0.2) is 4.57 Å². The largest absolute Gasteiger partial charge is 0.349 e. The van der Waals surface area contributed by atoms with Gasteiger partial charge < -0.3 is 4.57 Å². The molecule has 1 aromatic carbocycles. The molecule has 20 heavy (non-hydrogen) atoms. The van der Waals surface area contributed by atoms with Crippen molar-refractivity contribution in [3.05, 3.63) is 57.9 Å². The van der Waals surface area contributed by atoms with Crippen molar-refractivity contribution in [2.45, 2.75) is 27.3 Å². The van der Waals surface area contributed by atoms with Gasteiger partial charge >= 0.3 is 0 Å². The topological polar surface area (TPSA) is 28.7 Å². The van der Waals surface area contributed by atoms with Gasteiger partial charge in [0.1, 0.15) is 0 Å². The summed E-state index contributed by atoms with van der Waals surface area (Å²) in [5.41, 5.74) is 5.03. The third-order valence-corrected chi connectivity index (χ3v) is 3.76. The average molecular weight is 285 g/mol. The fraction of sp³-hybridized carbons (Fsp3) is 0.235. The Hall–Kier alpha value is -1.98. The van der Waals surface area contributed by atoms with Gasteiger partial charge in [-0.05, 0) is 56.2 Å². The zero-order valence-corrected chi connectivity index (χ0v) is 12.7. The van der Waals surface area contributed by atoms with Crippen molar-refractivity contribution >= 4 is 23.3 Å². The normalized spacial score (nSPS) is 11.4. The minimum atomic E-state index is 0.651. The summed E-state index contributed by atoms with van der Waals surface area (Å²) < 4.78 is 2.24. The first-order chi connectivity index (χ1) is 9.56. The molecule has 0 fully saturated rings. The van der Waals surface area contributed by atoms with E-state index in [1.54, 1.807) is 12.1 Å². The van der Waals surface area contributed by atoms with Crippen LogP contribution in [0.1, 0.15) is 29.4 Å². The lowest BCUT2D eigenvalue weighted by Gasteiger charge is -2.05. The molecular weight excluding hydrogens is 268 g/mol. The van der Waals surface area contributed by atoms with E-state index in [0.717, 1.165) is 17.7 Å². The minimum absolute atomic E-state index is 0.651. The molecule has 0 saturated heterocycles. The highest BCUT2D eigenvalue weighted by molar-refractivity contribution is 6.30. The third-order valence-electron chi connectivity index (χ3n) is 3.50. The van der Waals surface area contributed by atoms with Gasteiger partial charge in [-0.1, -0.05) is 23.7 Å². The lowest BCUT2D eigenvalue weighted by atomic mass is 10.0. The molecule has 0 unspecified atom stereocenters. The second kappa shape index (κ2) is 5.98. The second-order valence-electron chi connectivity index (χ2n) is 4.75. The molecule has 0 N–H and O–H groups in total. The first kappa shape index (κ1) is 14.4. The predicted molar refractivity (Wildman–Crippen MR) is 84.5 cm³/mol. The highest BCUT2D eigenvalue weighted by Crippen LogP contribution is 2.23. The molecule has 0 aliphatic carbocycles. The molecule has 0 saturated carbocycles. The summed E-state index contributed by atoms with van der Waals surface area (Å²) in [5.74, 6) is 0. The Morgan fingerprint density at radius 2 is 1.95 bits per heavy atom. The van der Waals surface area contributed by atoms with Gasteiger partial charge in [0.15, 0.2) is 0 Å². The van der Waals surface area contributed by atoms with Crippen LogP contribution in [0.3, 0.4) is 0 Å².